The van der Waals surface area contributed by atoms with Crippen molar-refractivity contribution in [3.8, 4) is 0 Å². The van der Waals surface area contributed by atoms with Crippen LogP contribution < -0.4 is 0 Å². The Labute approximate surface area is 315 Å². The maximum absolute atomic E-state index is 14.1. The maximum atomic E-state index is 14.1. The van der Waals surface area contributed by atoms with Crippen molar-refractivity contribution in [3.05, 3.63) is 0 Å². The van der Waals surface area contributed by atoms with Crippen molar-refractivity contribution in [2.75, 3.05) is 6.61 Å². The highest BCUT2D eigenvalue weighted by Crippen LogP contribution is 2.38. The predicted molar refractivity (Wildman–Crippen MR) is 206 cm³/mol. The van der Waals surface area contributed by atoms with Gasteiger partial charge in [0.05, 0.1) is 6.61 Å². The van der Waals surface area contributed by atoms with Gasteiger partial charge in [-0.15, -0.1) is 0 Å². The molecule has 0 aliphatic rings. The third-order valence-corrected chi connectivity index (χ3v) is 10.4. The minimum Gasteiger partial charge on any atom is -0.456 e. The Morgan fingerprint density at radius 3 is 1.19 bits per heavy atom. The number of aliphatic hydroxyl groups is 5. The molecule has 10 nitrogen and oxygen atoms in total. The zero-order valence-electron chi connectivity index (χ0n) is 33.5. The number of carbonyl (C=O) groups excluding carboxylic acids is 4. The Balaban J connectivity index is 6.59. The highest BCUT2D eigenvalue weighted by Gasteiger charge is 2.68. The van der Waals surface area contributed by atoms with Crippen LogP contribution in [0.1, 0.15) is 207 Å². The van der Waals surface area contributed by atoms with Crippen LogP contribution in [0.25, 0.3) is 0 Å². The third kappa shape index (κ3) is 18.1. The van der Waals surface area contributed by atoms with Gasteiger partial charge in [-0.1, -0.05) is 156 Å². The van der Waals surface area contributed by atoms with Gasteiger partial charge >= 0.3 is 5.97 Å². The molecule has 0 rings (SSSR count). The number of aliphatic hydroxyl groups excluding tert-OH is 3. The van der Waals surface area contributed by atoms with Gasteiger partial charge in [0.1, 0.15) is 12.2 Å². The minimum atomic E-state index is -3.46. The van der Waals surface area contributed by atoms with E-state index in [-0.39, 0.29) is 38.5 Å². The molecule has 0 saturated heterocycles. The second-order valence-electron chi connectivity index (χ2n) is 15.0. The lowest BCUT2D eigenvalue weighted by Crippen LogP contribution is -2.76. The third-order valence-electron chi connectivity index (χ3n) is 10.4. The molecular formula is C42H78O10. The zero-order valence-corrected chi connectivity index (χ0v) is 33.5. The Bertz CT molecular complexity index is 917. The summed E-state index contributed by atoms with van der Waals surface area (Å²) in [5, 5.41) is 58.1. The van der Waals surface area contributed by atoms with Gasteiger partial charge in [-0.3, -0.25) is 19.2 Å². The standard InChI is InChI=1S/C42H78O10/c1-5-9-13-17-21-25-29-34(44)39(48)40(49)42(51,36(46)31-27-23-19-15-11-7-3)41(50,35(45)30-26-22-18-14-10-6-2)37(33-43)52-38(47)32-28-24-20-16-12-8-4/h37,39-40,43,48-51H,5-33H2,1-4H3. The Kier molecular flexibility index (Phi) is 29.6. The average Bonchev–Trinajstić information content (AvgIpc) is 3.14. The van der Waals surface area contributed by atoms with E-state index in [1.807, 2.05) is 0 Å². The number of Topliss-reactive ketones (excluding diaryl/α,β-unsaturated/α-hetero) is 3. The van der Waals surface area contributed by atoms with Crippen molar-refractivity contribution in [2.24, 2.45) is 0 Å². The first-order valence-corrected chi connectivity index (χ1v) is 21.1. The van der Waals surface area contributed by atoms with Gasteiger partial charge in [-0.2, -0.15) is 0 Å². The number of hydrogen-bond donors (Lipinski definition) is 5. The lowest BCUT2D eigenvalue weighted by atomic mass is 9.66. The second kappa shape index (κ2) is 30.6. The molecule has 5 unspecified atom stereocenters. The van der Waals surface area contributed by atoms with E-state index in [9.17, 15) is 44.7 Å². The summed E-state index contributed by atoms with van der Waals surface area (Å²) in [6.45, 7) is 7.19. The largest absolute Gasteiger partial charge is 0.456 e. The van der Waals surface area contributed by atoms with E-state index in [2.05, 4.69) is 27.7 Å². The van der Waals surface area contributed by atoms with Crippen LogP contribution in [0.4, 0.5) is 0 Å². The predicted octanol–water partition coefficient (Wildman–Crippen LogP) is 7.78. The SMILES string of the molecule is CCCCCCCCC(=O)OC(CO)C(O)(C(=O)CCCCCCCC)C(O)(C(=O)CCCCCCCC)C(O)C(O)C(=O)CCCCCCCC. The summed E-state index contributed by atoms with van der Waals surface area (Å²) in [6, 6.07) is 0. The molecule has 0 amide bonds. The van der Waals surface area contributed by atoms with Crippen molar-refractivity contribution >= 4 is 23.3 Å². The summed E-state index contributed by atoms with van der Waals surface area (Å²) in [5.41, 5.74) is -6.80. The number of carbonyl (C=O) groups is 4. The molecule has 5 N–H and O–H groups in total. The molecule has 0 aromatic heterocycles. The van der Waals surface area contributed by atoms with Crippen LogP contribution >= 0.6 is 0 Å². The van der Waals surface area contributed by atoms with Gasteiger partial charge in [-0.25, -0.2) is 0 Å². The van der Waals surface area contributed by atoms with Crippen LogP contribution in [-0.2, 0) is 23.9 Å². The Morgan fingerprint density at radius 2 is 0.808 bits per heavy atom. The average molecular weight is 743 g/mol. The molecule has 306 valence electrons. The van der Waals surface area contributed by atoms with Gasteiger partial charge in [-0.05, 0) is 25.7 Å². The highest BCUT2D eigenvalue weighted by atomic mass is 16.6. The monoisotopic (exact) mass is 743 g/mol. The van der Waals surface area contributed by atoms with E-state index in [0.29, 0.717) is 32.1 Å². The van der Waals surface area contributed by atoms with Gasteiger partial charge in [0.15, 0.2) is 29.1 Å². The maximum Gasteiger partial charge on any atom is 0.306 e. The molecule has 5 atom stereocenters. The van der Waals surface area contributed by atoms with Crippen LogP contribution in [0, 0.1) is 0 Å². The van der Waals surface area contributed by atoms with Crippen LogP contribution in [0.5, 0.6) is 0 Å². The lowest BCUT2D eigenvalue weighted by Gasteiger charge is -2.47. The highest BCUT2D eigenvalue weighted by molar-refractivity contribution is 6.01. The summed E-state index contributed by atoms with van der Waals surface area (Å²) in [5.74, 6) is -3.96. The smallest absolute Gasteiger partial charge is 0.306 e. The number of ether oxygens (including phenoxy) is 1. The number of ketones is 3. The molecule has 10 heteroatoms. The van der Waals surface area contributed by atoms with Gasteiger partial charge < -0.3 is 30.3 Å². The molecule has 0 aliphatic heterocycles. The van der Waals surface area contributed by atoms with Crippen molar-refractivity contribution in [3.63, 3.8) is 0 Å². The van der Waals surface area contributed by atoms with Crippen LogP contribution in [0.15, 0.2) is 0 Å². The second-order valence-corrected chi connectivity index (χ2v) is 15.0. The first-order valence-electron chi connectivity index (χ1n) is 21.1. The summed E-state index contributed by atoms with van der Waals surface area (Å²) >= 11 is 0. The molecule has 0 aliphatic carbocycles. The van der Waals surface area contributed by atoms with Crippen molar-refractivity contribution in [2.45, 2.75) is 237 Å². The quantitative estimate of drug-likeness (QED) is 0.0312. The molecule has 0 saturated carbocycles. The van der Waals surface area contributed by atoms with Crippen LogP contribution in [0.2, 0.25) is 0 Å². The fourth-order valence-corrected chi connectivity index (χ4v) is 6.91. The fraction of sp³-hybridized carbons (Fsp3) is 0.905. The summed E-state index contributed by atoms with van der Waals surface area (Å²) in [7, 11) is 0. The van der Waals surface area contributed by atoms with E-state index >= 15 is 0 Å². The van der Waals surface area contributed by atoms with Crippen LogP contribution in [0.3, 0.4) is 0 Å². The topological polar surface area (TPSA) is 179 Å². The van der Waals surface area contributed by atoms with Crippen LogP contribution in [-0.4, -0.2) is 85.0 Å². The summed E-state index contributed by atoms with van der Waals surface area (Å²) < 4.78 is 5.49. The first kappa shape index (κ1) is 50.3. The summed E-state index contributed by atoms with van der Waals surface area (Å²) in [4.78, 5) is 54.5. The molecule has 0 fully saturated rings. The van der Waals surface area contributed by atoms with E-state index in [1.54, 1.807) is 0 Å². The molecular weight excluding hydrogens is 664 g/mol. The molecule has 52 heavy (non-hydrogen) atoms. The Hall–Kier alpha value is -1.72. The molecule has 0 aromatic carbocycles. The van der Waals surface area contributed by atoms with E-state index in [4.69, 9.17) is 4.74 Å². The van der Waals surface area contributed by atoms with Crippen molar-refractivity contribution < 1.29 is 49.4 Å². The number of esters is 1. The normalized spacial score (nSPS) is 15.7. The number of rotatable bonds is 37. The lowest BCUT2D eigenvalue weighted by molar-refractivity contribution is -0.246. The molecule has 0 spiro atoms. The van der Waals surface area contributed by atoms with Gasteiger partial charge in [0.25, 0.3) is 0 Å². The number of hydrogen-bond acceptors (Lipinski definition) is 10. The van der Waals surface area contributed by atoms with Gasteiger partial charge in [0, 0.05) is 25.7 Å². The van der Waals surface area contributed by atoms with Crippen molar-refractivity contribution in [1.82, 2.24) is 0 Å². The molecule has 0 bridgehead atoms. The zero-order chi connectivity index (χ0) is 39.3. The molecule has 0 heterocycles. The van der Waals surface area contributed by atoms with Crippen molar-refractivity contribution in [1.29, 1.82) is 0 Å². The molecule has 0 radical (unpaired) electrons. The van der Waals surface area contributed by atoms with E-state index in [0.717, 1.165) is 109 Å². The van der Waals surface area contributed by atoms with Gasteiger partial charge in [0.2, 0.25) is 5.60 Å². The number of unbranched alkanes of at least 4 members (excludes halogenated alkanes) is 20. The van der Waals surface area contributed by atoms with E-state index in [1.165, 1.54) is 0 Å². The Morgan fingerprint density at radius 1 is 0.481 bits per heavy atom. The fourth-order valence-electron chi connectivity index (χ4n) is 6.91. The first-order chi connectivity index (χ1) is 24.9. The molecule has 0 aromatic rings. The van der Waals surface area contributed by atoms with E-state index < -0.39 is 59.4 Å². The summed E-state index contributed by atoms with van der Waals surface area (Å²) in [6.07, 6.45) is 11.6. The minimum absolute atomic E-state index is 0.0869.